The van der Waals surface area contributed by atoms with Crippen molar-refractivity contribution in [3.05, 3.63) is 33.8 Å². The lowest BCUT2D eigenvalue weighted by atomic mass is 9.76. The summed E-state index contributed by atoms with van der Waals surface area (Å²) in [5, 5.41) is 0. The number of likely N-dealkylation sites (tertiary alicyclic amines) is 1. The number of carbonyl (C=O) groups is 1. The normalized spacial score (nSPS) is 19.7. The third-order valence-electron chi connectivity index (χ3n) is 5.34. The molecule has 0 atom stereocenters. The van der Waals surface area contributed by atoms with E-state index in [-0.39, 0.29) is 11.8 Å². The predicted molar refractivity (Wildman–Crippen MR) is 127 cm³/mol. The average Bonchev–Trinajstić information content (AvgIpc) is 2.83. The quantitative estimate of drug-likeness (QED) is 0.545. The summed E-state index contributed by atoms with van der Waals surface area (Å²) >= 11 is 3.49. The number of fused-ring (bicyclic) bond motifs is 1. The molecule has 1 aromatic carbocycles. The van der Waals surface area contributed by atoms with Gasteiger partial charge in [0.05, 0.1) is 16.9 Å². The van der Waals surface area contributed by atoms with E-state index in [1.807, 2.05) is 39.0 Å². The molecule has 0 aromatic heterocycles. The molecule has 3 rings (SSSR count). The first-order chi connectivity index (χ1) is 13.6. The zero-order valence-corrected chi connectivity index (χ0v) is 22.0. The second kappa shape index (κ2) is 7.74. The van der Waals surface area contributed by atoms with Gasteiger partial charge in [-0.05, 0) is 50.9 Å². The van der Waals surface area contributed by atoms with E-state index in [1.54, 1.807) is 4.90 Å². The molecule has 30 heavy (non-hydrogen) atoms. The van der Waals surface area contributed by atoms with Crippen molar-refractivity contribution in [3.63, 3.8) is 0 Å². The first-order valence-electron chi connectivity index (χ1n) is 10.2. The number of amides is 1. The molecule has 1 aromatic rings. The Morgan fingerprint density at radius 1 is 1.27 bits per heavy atom. The van der Waals surface area contributed by atoms with Crippen molar-refractivity contribution in [2.24, 2.45) is 9.81 Å². The van der Waals surface area contributed by atoms with Crippen LogP contribution in [0.3, 0.4) is 0 Å². The Morgan fingerprint density at radius 3 is 2.47 bits per heavy atom. The fourth-order valence-corrected chi connectivity index (χ4v) is 8.33. The summed E-state index contributed by atoms with van der Waals surface area (Å²) in [7, 11) is -5.10. The van der Waals surface area contributed by atoms with Gasteiger partial charge in [-0.3, -0.25) is 0 Å². The Morgan fingerprint density at radius 2 is 1.90 bits per heavy atom. The summed E-state index contributed by atoms with van der Waals surface area (Å²) in [6, 6.07) is 6.58. The minimum atomic E-state index is -3.59. The van der Waals surface area contributed by atoms with E-state index >= 15 is 0 Å². The van der Waals surface area contributed by atoms with Gasteiger partial charge >= 0.3 is 6.09 Å². The van der Waals surface area contributed by atoms with E-state index < -0.39 is 29.1 Å². The van der Waals surface area contributed by atoms with Crippen molar-refractivity contribution < 1.29 is 17.9 Å². The zero-order chi connectivity index (χ0) is 22.5. The SMILES string of the molecule is CC(C)(C)OC(=O)N1CC2(Cc3ccc(Br)cc3/C2=N\S(=O)(=O)CC[Si](C)(C)C)C1. The summed E-state index contributed by atoms with van der Waals surface area (Å²) in [4.78, 5) is 14.1. The predicted octanol–water partition coefficient (Wildman–Crippen LogP) is 4.70. The van der Waals surface area contributed by atoms with Crippen LogP contribution in [0.5, 0.6) is 0 Å². The van der Waals surface area contributed by atoms with Crippen molar-refractivity contribution in [2.45, 2.75) is 58.5 Å². The molecule has 1 aliphatic heterocycles. The zero-order valence-electron chi connectivity index (χ0n) is 18.6. The molecule has 1 fully saturated rings. The lowest BCUT2D eigenvalue weighted by Gasteiger charge is -2.48. The lowest BCUT2D eigenvalue weighted by Crippen LogP contribution is -2.62. The molecule has 9 heteroatoms. The van der Waals surface area contributed by atoms with Gasteiger partial charge in [-0.15, -0.1) is 0 Å². The van der Waals surface area contributed by atoms with Crippen molar-refractivity contribution in [2.75, 3.05) is 18.8 Å². The molecule has 2 aliphatic rings. The van der Waals surface area contributed by atoms with Gasteiger partial charge in [-0.25, -0.2) is 13.2 Å². The molecule has 1 amide bonds. The molecule has 1 spiro atoms. The van der Waals surface area contributed by atoms with Gasteiger partial charge in [0.15, 0.2) is 0 Å². The number of hydrogen-bond acceptors (Lipinski definition) is 4. The van der Waals surface area contributed by atoms with Crippen molar-refractivity contribution in [1.82, 2.24) is 4.90 Å². The summed E-state index contributed by atoms with van der Waals surface area (Å²) in [6.45, 7) is 12.8. The average molecular weight is 516 g/mol. The summed E-state index contributed by atoms with van der Waals surface area (Å²) in [6.07, 6.45) is 0.309. The van der Waals surface area contributed by atoms with E-state index in [1.165, 1.54) is 0 Å². The van der Waals surface area contributed by atoms with Crippen LogP contribution in [0, 0.1) is 5.41 Å². The van der Waals surface area contributed by atoms with E-state index in [9.17, 15) is 13.2 Å². The number of benzene rings is 1. The second-order valence-electron chi connectivity index (χ2n) is 10.6. The first-order valence-corrected chi connectivity index (χ1v) is 16.3. The third kappa shape index (κ3) is 5.34. The lowest BCUT2D eigenvalue weighted by molar-refractivity contribution is -0.0117. The van der Waals surface area contributed by atoms with E-state index in [0.717, 1.165) is 15.6 Å². The number of ether oxygens (including phenoxy) is 1. The van der Waals surface area contributed by atoms with Crippen LogP contribution in [0.2, 0.25) is 25.7 Å². The number of hydrogen-bond donors (Lipinski definition) is 0. The van der Waals surface area contributed by atoms with Crippen LogP contribution in [-0.2, 0) is 21.2 Å². The van der Waals surface area contributed by atoms with Crippen LogP contribution in [0.1, 0.15) is 31.9 Å². The van der Waals surface area contributed by atoms with Crippen LogP contribution in [0.15, 0.2) is 27.1 Å². The molecule has 0 bridgehead atoms. The van der Waals surface area contributed by atoms with Crippen LogP contribution in [0.4, 0.5) is 4.79 Å². The first kappa shape index (κ1) is 23.5. The van der Waals surface area contributed by atoms with Gasteiger partial charge in [0.1, 0.15) is 5.60 Å². The molecule has 166 valence electrons. The molecule has 0 N–H and O–H groups in total. The Bertz CT molecular complexity index is 987. The number of sulfonamides is 1. The highest BCUT2D eigenvalue weighted by Crippen LogP contribution is 2.46. The maximum absolute atomic E-state index is 12.9. The standard InChI is InChI=1S/C21H31BrN2O4SSi/c1-20(2,3)28-19(25)24-13-21(14-24)12-15-7-8-16(22)11-17(15)18(21)23-29(26,27)9-10-30(4,5)6/h7-8,11H,9-10,12-14H2,1-6H3/b23-18+. The minimum Gasteiger partial charge on any atom is -0.444 e. The molecule has 1 heterocycles. The Kier molecular flexibility index (Phi) is 6.06. The second-order valence-corrected chi connectivity index (χ2v) is 18.9. The minimum absolute atomic E-state index is 0.0709. The van der Waals surface area contributed by atoms with Gasteiger partial charge in [0.2, 0.25) is 0 Å². The highest BCUT2D eigenvalue weighted by molar-refractivity contribution is 9.10. The Hall–Kier alpha value is -1.19. The molecular formula is C21H31BrN2O4SSi. The van der Waals surface area contributed by atoms with E-state index in [0.29, 0.717) is 31.3 Å². The smallest absolute Gasteiger partial charge is 0.410 e. The van der Waals surface area contributed by atoms with E-state index in [4.69, 9.17) is 4.74 Å². The number of rotatable bonds is 4. The van der Waals surface area contributed by atoms with Gasteiger partial charge in [0, 0.05) is 31.2 Å². The number of halogens is 1. The summed E-state index contributed by atoms with van der Waals surface area (Å²) < 4.78 is 36.5. The fraction of sp³-hybridized carbons (Fsp3) is 0.619. The number of nitrogens with zero attached hydrogens (tertiary/aromatic N) is 2. The van der Waals surface area contributed by atoms with Crippen LogP contribution < -0.4 is 0 Å². The van der Waals surface area contributed by atoms with Gasteiger partial charge in [-0.1, -0.05) is 41.6 Å². The largest absolute Gasteiger partial charge is 0.444 e. The monoisotopic (exact) mass is 514 g/mol. The highest BCUT2D eigenvalue weighted by Gasteiger charge is 2.54. The van der Waals surface area contributed by atoms with Crippen LogP contribution in [-0.4, -0.2) is 57.6 Å². The topological polar surface area (TPSA) is 76.0 Å². The van der Waals surface area contributed by atoms with Crippen molar-refractivity contribution in [3.8, 4) is 0 Å². The van der Waals surface area contributed by atoms with E-state index in [2.05, 4.69) is 40.0 Å². The summed E-state index contributed by atoms with van der Waals surface area (Å²) in [5.41, 5.74) is 1.49. The molecular weight excluding hydrogens is 484 g/mol. The van der Waals surface area contributed by atoms with Crippen LogP contribution >= 0.6 is 15.9 Å². The third-order valence-corrected chi connectivity index (χ3v) is 9.12. The van der Waals surface area contributed by atoms with Gasteiger partial charge in [-0.2, -0.15) is 4.40 Å². The highest BCUT2D eigenvalue weighted by atomic mass is 79.9. The molecule has 0 unspecified atom stereocenters. The van der Waals surface area contributed by atoms with Crippen molar-refractivity contribution in [1.29, 1.82) is 0 Å². The van der Waals surface area contributed by atoms with Gasteiger partial charge in [0.25, 0.3) is 10.0 Å². The maximum atomic E-state index is 12.9. The molecule has 1 aliphatic carbocycles. The maximum Gasteiger partial charge on any atom is 0.410 e. The molecule has 6 nitrogen and oxygen atoms in total. The Labute approximate surface area is 189 Å². The number of carbonyl (C=O) groups excluding carboxylic acids is 1. The van der Waals surface area contributed by atoms with Crippen molar-refractivity contribution >= 4 is 45.8 Å². The van der Waals surface area contributed by atoms with Crippen LogP contribution in [0.25, 0.3) is 0 Å². The molecule has 1 saturated heterocycles. The summed E-state index contributed by atoms with van der Waals surface area (Å²) in [5.74, 6) is 0.0709. The Balaban J connectivity index is 1.90. The molecule has 0 radical (unpaired) electrons. The fourth-order valence-electron chi connectivity index (χ4n) is 3.82. The molecule has 0 saturated carbocycles. The van der Waals surface area contributed by atoms with Gasteiger partial charge < -0.3 is 9.64 Å².